The monoisotopic (exact) mass is 354 g/mol. The fourth-order valence-corrected chi connectivity index (χ4v) is 2.48. The average molecular weight is 355 g/mol. The normalized spacial score (nSPS) is 12.1. The molecule has 1 aliphatic heterocycles. The Kier molecular flexibility index (Phi) is 4.79. The van der Waals surface area contributed by atoms with Gasteiger partial charge in [0.15, 0.2) is 18.1 Å². The van der Waals surface area contributed by atoms with Crippen LogP contribution in [-0.4, -0.2) is 19.4 Å². The van der Waals surface area contributed by atoms with Gasteiger partial charge in [-0.2, -0.15) is 0 Å². The van der Waals surface area contributed by atoms with Gasteiger partial charge in [0.2, 0.25) is 6.79 Å². The van der Waals surface area contributed by atoms with E-state index in [1.165, 1.54) is 0 Å². The number of hydrogen-bond donors (Lipinski definition) is 0. The summed E-state index contributed by atoms with van der Waals surface area (Å²) in [6, 6.07) is 10.2. The second-order valence-electron chi connectivity index (χ2n) is 4.72. The highest BCUT2D eigenvalue weighted by molar-refractivity contribution is 6.32. The Bertz CT molecular complexity index is 732. The van der Waals surface area contributed by atoms with Crippen LogP contribution in [0.15, 0.2) is 36.4 Å². The van der Waals surface area contributed by atoms with Gasteiger partial charge in [0, 0.05) is 5.02 Å². The molecule has 0 unspecified atom stereocenters. The van der Waals surface area contributed by atoms with Gasteiger partial charge >= 0.3 is 5.97 Å². The zero-order valence-electron chi connectivity index (χ0n) is 11.9. The molecule has 0 N–H and O–H groups in total. The van der Waals surface area contributed by atoms with Crippen molar-refractivity contribution < 1.29 is 23.7 Å². The molecule has 1 aliphatic rings. The Hall–Kier alpha value is -2.11. The van der Waals surface area contributed by atoms with E-state index in [9.17, 15) is 4.79 Å². The van der Waals surface area contributed by atoms with E-state index in [-0.39, 0.29) is 20.0 Å². The molecule has 0 atom stereocenters. The molecule has 120 valence electrons. The van der Waals surface area contributed by atoms with Crippen molar-refractivity contribution in [1.29, 1.82) is 0 Å². The summed E-state index contributed by atoms with van der Waals surface area (Å²) >= 11 is 11.9. The van der Waals surface area contributed by atoms with Crippen molar-refractivity contribution in [2.75, 3.05) is 13.4 Å². The molecule has 5 nitrogen and oxygen atoms in total. The van der Waals surface area contributed by atoms with Crippen molar-refractivity contribution in [2.24, 2.45) is 0 Å². The van der Waals surface area contributed by atoms with E-state index in [0.717, 1.165) is 0 Å². The van der Waals surface area contributed by atoms with Crippen molar-refractivity contribution in [2.45, 2.75) is 6.61 Å². The van der Waals surface area contributed by atoms with Crippen molar-refractivity contribution >= 4 is 29.2 Å². The second-order valence-corrected chi connectivity index (χ2v) is 5.56. The Morgan fingerprint density at radius 2 is 2.04 bits per heavy atom. The van der Waals surface area contributed by atoms with Crippen LogP contribution in [0.4, 0.5) is 0 Å². The molecule has 0 spiro atoms. The van der Waals surface area contributed by atoms with Crippen LogP contribution >= 0.6 is 23.2 Å². The molecule has 0 aromatic heterocycles. The third-order valence-corrected chi connectivity index (χ3v) is 3.56. The molecule has 0 saturated heterocycles. The van der Waals surface area contributed by atoms with Crippen LogP contribution in [0.5, 0.6) is 17.2 Å². The number of carbonyl (C=O) groups excluding carboxylic acids is 1. The minimum absolute atomic E-state index is 0.0636. The third-order valence-electron chi connectivity index (χ3n) is 3.04. The van der Waals surface area contributed by atoms with Crippen LogP contribution in [-0.2, 0) is 16.1 Å². The van der Waals surface area contributed by atoms with Crippen LogP contribution < -0.4 is 14.2 Å². The summed E-state index contributed by atoms with van der Waals surface area (Å²) in [5.41, 5.74) is 0.704. The summed E-state index contributed by atoms with van der Waals surface area (Å²) in [6.07, 6.45) is 0. The predicted octanol–water partition coefficient (Wildman–Crippen LogP) is 3.84. The van der Waals surface area contributed by atoms with Gasteiger partial charge in [-0.3, -0.25) is 0 Å². The lowest BCUT2D eigenvalue weighted by molar-refractivity contribution is -0.147. The summed E-state index contributed by atoms with van der Waals surface area (Å²) in [7, 11) is 0. The lowest BCUT2D eigenvalue weighted by Crippen LogP contribution is -2.14. The molecule has 1 heterocycles. The lowest BCUT2D eigenvalue weighted by Gasteiger charge is -2.08. The molecule has 0 bridgehead atoms. The third kappa shape index (κ3) is 4.00. The molecule has 23 heavy (non-hydrogen) atoms. The molecule has 0 saturated carbocycles. The summed E-state index contributed by atoms with van der Waals surface area (Å²) in [4.78, 5) is 11.7. The lowest BCUT2D eigenvalue weighted by atomic mass is 10.2. The number of fused-ring (bicyclic) bond motifs is 1. The molecule has 2 aromatic carbocycles. The summed E-state index contributed by atoms with van der Waals surface area (Å²) in [5.74, 6) is 1.05. The number of rotatable bonds is 5. The van der Waals surface area contributed by atoms with E-state index < -0.39 is 5.97 Å². The Labute approximate surface area is 142 Å². The Morgan fingerprint density at radius 3 is 2.87 bits per heavy atom. The molecule has 7 heteroatoms. The van der Waals surface area contributed by atoms with Crippen LogP contribution in [0.1, 0.15) is 5.56 Å². The van der Waals surface area contributed by atoms with Gasteiger partial charge in [-0.1, -0.05) is 29.3 Å². The first kappa shape index (κ1) is 15.8. The second kappa shape index (κ2) is 6.98. The average Bonchev–Trinajstić information content (AvgIpc) is 3.00. The number of benzene rings is 2. The zero-order chi connectivity index (χ0) is 16.2. The topological polar surface area (TPSA) is 54.0 Å². The van der Waals surface area contributed by atoms with E-state index in [4.69, 9.17) is 42.1 Å². The predicted molar refractivity (Wildman–Crippen MR) is 84.3 cm³/mol. The van der Waals surface area contributed by atoms with Gasteiger partial charge in [0.1, 0.15) is 12.4 Å². The van der Waals surface area contributed by atoms with Crippen molar-refractivity contribution in [3.05, 3.63) is 52.0 Å². The summed E-state index contributed by atoms with van der Waals surface area (Å²) in [6.45, 7) is -0.0154. The Balaban J connectivity index is 1.52. The molecule has 0 fully saturated rings. The minimum atomic E-state index is -0.501. The SMILES string of the molecule is O=C(COc1cccc(Cl)c1)OCc1cc(Cl)c2c(c1)OCO2. The molecule has 0 aliphatic carbocycles. The number of hydrogen-bond acceptors (Lipinski definition) is 5. The fourth-order valence-electron chi connectivity index (χ4n) is 2.01. The number of halogens is 2. The van der Waals surface area contributed by atoms with Crippen LogP contribution in [0.25, 0.3) is 0 Å². The van der Waals surface area contributed by atoms with Crippen LogP contribution in [0, 0.1) is 0 Å². The van der Waals surface area contributed by atoms with Gasteiger partial charge in [0.25, 0.3) is 0 Å². The summed E-state index contributed by atoms with van der Waals surface area (Å²) < 4.78 is 20.9. The maximum Gasteiger partial charge on any atom is 0.344 e. The number of esters is 1. The van der Waals surface area contributed by atoms with Crippen LogP contribution in [0.3, 0.4) is 0 Å². The van der Waals surface area contributed by atoms with E-state index >= 15 is 0 Å². The smallest absolute Gasteiger partial charge is 0.344 e. The van der Waals surface area contributed by atoms with Gasteiger partial charge in [-0.05, 0) is 35.9 Å². The largest absolute Gasteiger partial charge is 0.482 e. The highest BCUT2D eigenvalue weighted by Crippen LogP contribution is 2.39. The molecule has 2 aromatic rings. The number of ether oxygens (including phenoxy) is 4. The van der Waals surface area contributed by atoms with Crippen LogP contribution in [0.2, 0.25) is 10.0 Å². The zero-order valence-corrected chi connectivity index (χ0v) is 13.4. The molecule has 0 amide bonds. The first-order chi connectivity index (χ1) is 11.1. The highest BCUT2D eigenvalue weighted by atomic mass is 35.5. The molecular weight excluding hydrogens is 343 g/mol. The van der Waals surface area contributed by atoms with Gasteiger partial charge < -0.3 is 18.9 Å². The van der Waals surface area contributed by atoms with Crippen molar-refractivity contribution in [3.63, 3.8) is 0 Å². The van der Waals surface area contributed by atoms with Gasteiger partial charge in [-0.15, -0.1) is 0 Å². The van der Waals surface area contributed by atoms with Crippen molar-refractivity contribution in [1.82, 2.24) is 0 Å². The molecule has 3 rings (SSSR count). The molecular formula is C16H12Cl2O5. The standard InChI is InChI=1S/C16H12Cl2O5/c17-11-2-1-3-12(6-11)20-8-15(19)21-7-10-4-13(18)16-14(5-10)22-9-23-16/h1-6H,7-9H2. The van der Waals surface area contributed by atoms with E-state index in [1.54, 1.807) is 36.4 Å². The number of carbonyl (C=O) groups is 1. The molecule has 0 radical (unpaired) electrons. The van der Waals surface area contributed by atoms with Crippen molar-refractivity contribution in [3.8, 4) is 17.2 Å². The maximum atomic E-state index is 11.7. The Morgan fingerprint density at radius 1 is 1.17 bits per heavy atom. The maximum absolute atomic E-state index is 11.7. The minimum Gasteiger partial charge on any atom is -0.482 e. The first-order valence-corrected chi connectivity index (χ1v) is 7.49. The first-order valence-electron chi connectivity index (χ1n) is 6.74. The quantitative estimate of drug-likeness (QED) is 0.763. The van der Waals surface area contributed by atoms with E-state index in [0.29, 0.717) is 32.9 Å². The highest BCUT2D eigenvalue weighted by Gasteiger charge is 2.18. The van der Waals surface area contributed by atoms with E-state index in [2.05, 4.69) is 0 Å². The van der Waals surface area contributed by atoms with Gasteiger partial charge in [0.05, 0.1) is 5.02 Å². The fraction of sp³-hybridized carbons (Fsp3) is 0.188. The van der Waals surface area contributed by atoms with Gasteiger partial charge in [-0.25, -0.2) is 4.79 Å². The van der Waals surface area contributed by atoms with E-state index in [1.807, 2.05) is 0 Å². The summed E-state index contributed by atoms with van der Waals surface area (Å²) in [5, 5.41) is 0.951.